The van der Waals surface area contributed by atoms with E-state index in [-0.39, 0.29) is 24.9 Å². The first kappa shape index (κ1) is 12.1. The summed E-state index contributed by atoms with van der Waals surface area (Å²) in [5.41, 5.74) is 0.932. The van der Waals surface area contributed by atoms with Crippen molar-refractivity contribution in [3.05, 3.63) is 35.9 Å². The molecule has 0 saturated carbocycles. The molecule has 0 spiro atoms. The topological polar surface area (TPSA) is 52.2 Å². The minimum Gasteiger partial charge on any atom is -0.530 e. The maximum absolute atomic E-state index is 10.2. The van der Waals surface area contributed by atoms with E-state index in [1.54, 1.807) is 6.92 Å². The van der Waals surface area contributed by atoms with Gasteiger partial charge in [-0.25, -0.2) is 0 Å². The van der Waals surface area contributed by atoms with Crippen molar-refractivity contribution >= 4 is 6.09 Å². The number of benzene rings is 1. The molecule has 0 radical (unpaired) electrons. The Labute approximate surface area is 89.3 Å². The quantitative estimate of drug-likeness (QED) is 0.508. The molecule has 4 heteroatoms. The van der Waals surface area contributed by atoms with E-state index in [1.807, 2.05) is 30.3 Å². The van der Waals surface area contributed by atoms with E-state index in [2.05, 4.69) is 5.32 Å². The Morgan fingerprint density at radius 3 is 2.38 bits per heavy atom. The second-order valence-corrected chi connectivity index (χ2v) is 2.56. The summed E-state index contributed by atoms with van der Waals surface area (Å²) >= 11 is 0. The number of hydrogen-bond acceptors (Lipinski definition) is 2. The SMILES string of the molecule is CC(NC(=O)[O-])c1ccccc1.[Li+]. The Hall–Kier alpha value is -0.913. The van der Waals surface area contributed by atoms with Crippen molar-refractivity contribution in [3.63, 3.8) is 0 Å². The van der Waals surface area contributed by atoms with E-state index in [1.165, 1.54) is 0 Å². The Morgan fingerprint density at radius 2 is 1.92 bits per heavy atom. The summed E-state index contributed by atoms with van der Waals surface area (Å²) in [5, 5.41) is 12.4. The first-order valence-corrected chi connectivity index (χ1v) is 3.72. The van der Waals surface area contributed by atoms with Crippen molar-refractivity contribution in [1.82, 2.24) is 5.32 Å². The van der Waals surface area contributed by atoms with Crippen molar-refractivity contribution in [2.45, 2.75) is 13.0 Å². The Morgan fingerprint density at radius 1 is 1.38 bits per heavy atom. The van der Waals surface area contributed by atoms with Crippen LogP contribution in [-0.4, -0.2) is 6.09 Å². The van der Waals surface area contributed by atoms with Crippen LogP contribution in [0.4, 0.5) is 4.79 Å². The largest absolute Gasteiger partial charge is 1.00 e. The smallest absolute Gasteiger partial charge is 0.530 e. The van der Waals surface area contributed by atoms with Gasteiger partial charge in [-0.05, 0) is 12.5 Å². The van der Waals surface area contributed by atoms with Crippen molar-refractivity contribution < 1.29 is 28.8 Å². The van der Waals surface area contributed by atoms with E-state index in [4.69, 9.17) is 0 Å². The van der Waals surface area contributed by atoms with Crippen molar-refractivity contribution in [2.24, 2.45) is 0 Å². The van der Waals surface area contributed by atoms with Crippen LogP contribution in [0, 0.1) is 0 Å². The molecule has 64 valence electrons. The van der Waals surface area contributed by atoms with Gasteiger partial charge in [0.1, 0.15) is 6.09 Å². The number of nitrogens with one attached hydrogen (secondary N) is 1. The molecule has 13 heavy (non-hydrogen) atoms. The zero-order chi connectivity index (χ0) is 8.97. The molecule has 0 aromatic heterocycles. The van der Waals surface area contributed by atoms with Crippen LogP contribution in [0.1, 0.15) is 18.5 Å². The molecule has 0 bridgehead atoms. The summed E-state index contributed by atoms with van der Waals surface area (Å²) in [5.74, 6) is 0. The first-order chi connectivity index (χ1) is 5.70. The second kappa shape index (κ2) is 5.68. The van der Waals surface area contributed by atoms with Crippen molar-refractivity contribution in [2.75, 3.05) is 0 Å². The fourth-order valence-electron chi connectivity index (χ4n) is 1.00. The molecule has 0 fully saturated rings. The number of carbonyl (C=O) groups excluding carboxylic acids is 1. The van der Waals surface area contributed by atoms with Gasteiger partial charge in [0.2, 0.25) is 0 Å². The zero-order valence-corrected chi connectivity index (χ0v) is 7.78. The molecule has 1 amide bonds. The van der Waals surface area contributed by atoms with Gasteiger partial charge < -0.3 is 15.2 Å². The fraction of sp³-hybridized carbons (Fsp3) is 0.222. The summed E-state index contributed by atoms with van der Waals surface area (Å²) in [4.78, 5) is 10.2. The third kappa shape index (κ3) is 4.02. The molecule has 1 unspecified atom stereocenters. The number of carboxylic acid groups (broad SMARTS) is 1. The molecule has 0 saturated heterocycles. The van der Waals surface area contributed by atoms with Gasteiger partial charge in [0, 0.05) is 6.04 Å². The molecule has 3 nitrogen and oxygen atoms in total. The van der Waals surface area contributed by atoms with E-state index in [0.29, 0.717) is 0 Å². The molecule has 1 aromatic rings. The van der Waals surface area contributed by atoms with Crippen LogP contribution in [0.5, 0.6) is 0 Å². The van der Waals surface area contributed by atoms with E-state index in [9.17, 15) is 9.90 Å². The minimum atomic E-state index is -1.24. The minimum absolute atomic E-state index is 0. The molecule has 1 atom stereocenters. The number of amides is 1. The molecule has 0 aliphatic rings. The molecule has 0 aliphatic carbocycles. The van der Waals surface area contributed by atoms with Gasteiger partial charge in [-0.2, -0.15) is 0 Å². The monoisotopic (exact) mass is 171 g/mol. The predicted molar refractivity (Wildman–Crippen MR) is 43.4 cm³/mol. The van der Waals surface area contributed by atoms with Gasteiger partial charge in [-0.1, -0.05) is 30.3 Å². The summed E-state index contributed by atoms with van der Waals surface area (Å²) in [7, 11) is 0. The normalized spacial score (nSPS) is 11.2. The summed E-state index contributed by atoms with van der Waals surface area (Å²) in [6, 6.07) is 9.12. The van der Waals surface area contributed by atoms with Crippen LogP contribution >= 0.6 is 0 Å². The summed E-state index contributed by atoms with van der Waals surface area (Å²) in [6.45, 7) is 1.77. The Balaban J connectivity index is 0.00000144. The third-order valence-corrected chi connectivity index (χ3v) is 1.63. The van der Waals surface area contributed by atoms with Crippen LogP contribution in [0.3, 0.4) is 0 Å². The number of carbonyl (C=O) groups is 1. The maximum Gasteiger partial charge on any atom is 1.00 e. The Bertz CT molecular complexity index is 264. The van der Waals surface area contributed by atoms with Crippen LogP contribution in [-0.2, 0) is 0 Å². The molecule has 0 heterocycles. The predicted octanol–water partition coefficient (Wildman–Crippen LogP) is -2.32. The van der Waals surface area contributed by atoms with Crippen molar-refractivity contribution in [3.8, 4) is 0 Å². The standard InChI is InChI=1S/C9H11NO2.Li/c1-7(10-9(11)12)8-5-3-2-4-6-8;/h2-7,10H,1H3,(H,11,12);/q;+1/p-1. The van der Waals surface area contributed by atoms with Crippen molar-refractivity contribution in [1.29, 1.82) is 0 Å². The molecular weight excluding hydrogens is 161 g/mol. The maximum atomic E-state index is 10.2. The first-order valence-electron chi connectivity index (χ1n) is 3.72. The molecule has 1 aromatic carbocycles. The van der Waals surface area contributed by atoms with E-state index < -0.39 is 6.09 Å². The average Bonchev–Trinajstić information content (AvgIpc) is 2.05. The number of hydrogen-bond donors (Lipinski definition) is 1. The van der Waals surface area contributed by atoms with Crippen LogP contribution in [0.15, 0.2) is 30.3 Å². The van der Waals surface area contributed by atoms with Gasteiger partial charge in [0.25, 0.3) is 0 Å². The Kier molecular flexibility index (Phi) is 5.29. The average molecular weight is 171 g/mol. The fourth-order valence-corrected chi connectivity index (χ4v) is 1.00. The third-order valence-electron chi connectivity index (χ3n) is 1.63. The van der Waals surface area contributed by atoms with Gasteiger partial charge in [-0.15, -0.1) is 0 Å². The summed E-state index contributed by atoms with van der Waals surface area (Å²) < 4.78 is 0. The van der Waals surface area contributed by atoms with E-state index >= 15 is 0 Å². The van der Waals surface area contributed by atoms with Gasteiger partial charge >= 0.3 is 18.9 Å². The van der Waals surface area contributed by atoms with Crippen LogP contribution in [0.2, 0.25) is 0 Å². The molecule has 1 rings (SSSR count). The molecule has 1 N–H and O–H groups in total. The summed E-state index contributed by atoms with van der Waals surface area (Å²) in [6.07, 6.45) is -1.24. The van der Waals surface area contributed by atoms with Gasteiger partial charge in [0.15, 0.2) is 0 Å². The second-order valence-electron chi connectivity index (χ2n) is 2.56. The van der Waals surface area contributed by atoms with Crippen LogP contribution in [0.25, 0.3) is 0 Å². The molecular formula is C9H10LiNO2. The van der Waals surface area contributed by atoms with Crippen LogP contribution < -0.4 is 29.3 Å². The molecule has 0 aliphatic heterocycles. The zero-order valence-electron chi connectivity index (χ0n) is 7.78. The number of rotatable bonds is 2. The van der Waals surface area contributed by atoms with Gasteiger partial charge in [-0.3, -0.25) is 0 Å². The van der Waals surface area contributed by atoms with E-state index in [0.717, 1.165) is 5.56 Å². The van der Waals surface area contributed by atoms with Gasteiger partial charge in [0.05, 0.1) is 0 Å².